The fraction of sp³-hybridized carbons (Fsp3) is 0.333. The minimum atomic E-state index is -3.68. The maximum Gasteiger partial charge on any atom is 0.338 e. The molecule has 0 aromatic heterocycles. The van der Waals surface area contributed by atoms with Crippen molar-refractivity contribution >= 4 is 39.2 Å². The van der Waals surface area contributed by atoms with E-state index >= 15 is 0 Å². The van der Waals surface area contributed by atoms with Crippen LogP contribution in [0.4, 0.5) is 5.69 Å². The summed E-state index contributed by atoms with van der Waals surface area (Å²) in [6, 6.07) is 12.2. The molecule has 2 aromatic carbocycles. The normalized spacial score (nSPS) is 15.2. The molecule has 7 nitrogen and oxygen atoms in total. The van der Waals surface area contributed by atoms with Gasteiger partial charge in [-0.3, -0.25) is 4.79 Å². The van der Waals surface area contributed by atoms with Crippen LogP contribution in [-0.2, 0) is 19.6 Å². The van der Waals surface area contributed by atoms with Crippen LogP contribution in [0, 0.1) is 0 Å². The van der Waals surface area contributed by atoms with E-state index in [1.165, 1.54) is 28.6 Å². The third-order valence-corrected chi connectivity index (χ3v) is 6.88. The quantitative estimate of drug-likeness (QED) is 0.677. The molecule has 1 heterocycles. The standard InChI is InChI=1S/C21H23ClN2O5S/c22-17-8-10-18(11-9-17)23-20(25)15-29-21(26)16-6-5-7-19(14-16)30(27,28)24-12-3-1-2-4-13-24/h5-11,14H,1-4,12-13,15H2,(H,23,25). The Labute approximate surface area is 181 Å². The maximum atomic E-state index is 12.9. The molecule has 1 aliphatic rings. The number of esters is 1. The van der Waals surface area contributed by atoms with Crippen LogP contribution in [0.25, 0.3) is 0 Å². The molecule has 30 heavy (non-hydrogen) atoms. The Morgan fingerprint density at radius 2 is 1.67 bits per heavy atom. The molecule has 0 unspecified atom stereocenters. The minimum Gasteiger partial charge on any atom is -0.452 e. The lowest BCUT2D eigenvalue weighted by Crippen LogP contribution is -2.32. The molecule has 1 N–H and O–H groups in total. The van der Waals surface area contributed by atoms with Gasteiger partial charge in [-0.15, -0.1) is 0 Å². The lowest BCUT2D eigenvalue weighted by Gasteiger charge is -2.20. The molecule has 1 aliphatic heterocycles. The molecular formula is C21H23ClN2O5S. The van der Waals surface area contributed by atoms with Gasteiger partial charge in [-0.1, -0.05) is 30.5 Å². The number of ether oxygens (including phenoxy) is 1. The summed E-state index contributed by atoms with van der Waals surface area (Å²) in [7, 11) is -3.68. The average molecular weight is 451 g/mol. The fourth-order valence-corrected chi connectivity index (χ4v) is 4.85. The van der Waals surface area contributed by atoms with Gasteiger partial charge in [-0.2, -0.15) is 4.31 Å². The highest BCUT2D eigenvalue weighted by Gasteiger charge is 2.26. The minimum absolute atomic E-state index is 0.0458. The van der Waals surface area contributed by atoms with Crippen LogP contribution in [0.5, 0.6) is 0 Å². The van der Waals surface area contributed by atoms with E-state index in [1.807, 2.05) is 0 Å². The van der Waals surface area contributed by atoms with Gasteiger partial charge in [-0.25, -0.2) is 13.2 Å². The molecule has 0 atom stereocenters. The second-order valence-electron chi connectivity index (χ2n) is 6.98. The number of carbonyl (C=O) groups is 2. The largest absolute Gasteiger partial charge is 0.452 e. The Morgan fingerprint density at radius 1 is 1.00 bits per heavy atom. The van der Waals surface area contributed by atoms with Crippen molar-refractivity contribution in [2.75, 3.05) is 25.0 Å². The number of amides is 1. The lowest BCUT2D eigenvalue weighted by molar-refractivity contribution is -0.119. The first-order chi connectivity index (χ1) is 14.4. The van der Waals surface area contributed by atoms with Gasteiger partial charge in [0.15, 0.2) is 6.61 Å². The van der Waals surface area contributed by atoms with Crippen molar-refractivity contribution in [2.24, 2.45) is 0 Å². The predicted octanol–water partition coefficient (Wildman–Crippen LogP) is 3.70. The summed E-state index contributed by atoms with van der Waals surface area (Å²) in [6.07, 6.45) is 3.67. The van der Waals surface area contributed by atoms with Crippen LogP contribution in [0.2, 0.25) is 5.02 Å². The van der Waals surface area contributed by atoms with E-state index in [2.05, 4.69) is 5.32 Å². The highest BCUT2D eigenvalue weighted by molar-refractivity contribution is 7.89. The van der Waals surface area contributed by atoms with E-state index in [0.29, 0.717) is 23.8 Å². The highest BCUT2D eigenvalue weighted by Crippen LogP contribution is 2.21. The zero-order valence-corrected chi connectivity index (χ0v) is 17.9. The van der Waals surface area contributed by atoms with Crippen LogP contribution in [0.15, 0.2) is 53.4 Å². The molecule has 0 saturated carbocycles. The second-order valence-corrected chi connectivity index (χ2v) is 9.35. The number of hydrogen-bond donors (Lipinski definition) is 1. The van der Waals surface area contributed by atoms with Crippen molar-refractivity contribution in [3.8, 4) is 0 Å². The number of halogens is 1. The first-order valence-electron chi connectivity index (χ1n) is 9.69. The molecule has 0 aliphatic carbocycles. The van der Waals surface area contributed by atoms with E-state index in [0.717, 1.165) is 25.7 Å². The van der Waals surface area contributed by atoms with Gasteiger partial charge in [0.2, 0.25) is 10.0 Å². The van der Waals surface area contributed by atoms with Gasteiger partial charge >= 0.3 is 5.97 Å². The molecule has 1 fully saturated rings. The molecule has 3 rings (SSSR count). The summed E-state index contributed by atoms with van der Waals surface area (Å²) in [6.45, 7) is 0.453. The summed E-state index contributed by atoms with van der Waals surface area (Å²) in [5, 5.41) is 3.12. The number of anilines is 1. The summed E-state index contributed by atoms with van der Waals surface area (Å²) in [5.74, 6) is -1.28. The van der Waals surface area contributed by atoms with Gasteiger partial charge in [0.25, 0.3) is 5.91 Å². The zero-order valence-electron chi connectivity index (χ0n) is 16.3. The summed E-state index contributed by atoms with van der Waals surface area (Å²) >= 11 is 5.79. The Kier molecular flexibility index (Phi) is 7.47. The number of benzene rings is 2. The van der Waals surface area contributed by atoms with E-state index in [4.69, 9.17) is 16.3 Å². The van der Waals surface area contributed by atoms with Gasteiger partial charge in [0.05, 0.1) is 10.5 Å². The van der Waals surface area contributed by atoms with Crippen LogP contribution in [0.1, 0.15) is 36.0 Å². The second kappa shape index (κ2) is 10.1. The van der Waals surface area contributed by atoms with Crippen molar-refractivity contribution < 1.29 is 22.7 Å². The third kappa shape index (κ3) is 5.81. The molecule has 0 spiro atoms. The van der Waals surface area contributed by atoms with E-state index < -0.39 is 28.5 Å². The Hall–Kier alpha value is -2.42. The molecular weight excluding hydrogens is 428 g/mol. The average Bonchev–Trinajstić information content (AvgIpc) is 3.04. The van der Waals surface area contributed by atoms with Crippen LogP contribution < -0.4 is 5.32 Å². The third-order valence-electron chi connectivity index (χ3n) is 4.73. The number of rotatable bonds is 6. The van der Waals surface area contributed by atoms with Gasteiger partial charge in [0.1, 0.15) is 0 Å². The molecule has 9 heteroatoms. The summed E-state index contributed by atoms with van der Waals surface area (Å²) in [5.41, 5.74) is 0.594. The maximum absolute atomic E-state index is 12.9. The number of sulfonamides is 1. The Bertz CT molecular complexity index is 1000. The van der Waals surface area contributed by atoms with Gasteiger partial charge in [0, 0.05) is 23.8 Å². The van der Waals surface area contributed by atoms with Crippen LogP contribution in [-0.4, -0.2) is 44.3 Å². The fourth-order valence-electron chi connectivity index (χ4n) is 3.16. The van der Waals surface area contributed by atoms with Gasteiger partial charge in [-0.05, 0) is 55.3 Å². The predicted molar refractivity (Wildman–Crippen MR) is 114 cm³/mol. The lowest BCUT2D eigenvalue weighted by atomic mass is 10.2. The molecule has 2 aromatic rings. The van der Waals surface area contributed by atoms with E-state index in [9.17, 15) is 18.0 Å². The Morgan fingerprint density at radius 3 is 2.33 bits per heavy atom. The molecule has 160 valence electrons. The van der Waals surface area contributed by atoms with E-state index in [1.54, 1.807) is 24.3 Å². The molecule has 1 saturated heterocycles. The SMILES string of the molecule is O=C(COC(=O)c1cccc(S(=O)(=O)N2CCCCCC2)c1)Nc1ccc(Cl)cc1. The summed E-state index contributed by atoms with van der Waals surface area (Å²) < 4.78 is 32.3. The number of nitrogens with zero attached hydrogens (tertiary/aromatic N) is 1. The first-order valence-corrected chi connectivity index (χ1v) is 11.5. The smallest absolute Gasteiger partial charge is 0.338 e. The first kappa shape index (κ1) is 22.3. The monoisotopic (exact) mass is 450 g/mol. The molecule has 1 amide bonds. The number of hydrogen-bond acceptors (Lipinski definition) is 5. The van der Waals surface area contributed by atoms with Crippen LogP contribution >= 0.6 is 11.6 Å². The van der Waals surface area contributed by atoms with E-state index in [-0.39, 0.29) is 10.5 Å². The van der Waals surface area contributed by atoms with Crippen LogP contribution in [0.3, 0.4) is 0 Å². The Balaban J connectivity index is 1.62. The highest BCUT2D eigenvalue weighted by atomic mass is 35.5. The van der Waals surface area contributed by atoms with Crippen molar-refractivity contribution in [3.05, 3.63) is 59.1 Å². The topological polar surface area (TPSA) is 92.8 Å². The van der Waals surface area contributed by atoms with Crippen molar-refractivity contribution in [3.63, 3.8) is 0 Å². The van der Waals surface area contributed by atoms with Crippen molar-refractivity contribution in [2.45, 2.75) is 30.6 Å². The zero-order chi connectivity index (χ0) is 21.6. The number of nitrogens with one attached hydrogen (secondary N) is 1. The summed E-state index contributed by atoms with van der Waals surface area (Å²) in [4.78, 5) is 24.3. The molecule has 0 radical (unpaired) electrons. The molecule has 0 bridgehead atoms. The number of carbonyl (C=O) groups excluding carboxylic acids is 2. The van der Waals surface area contributed by atoms with Gasteiger partial charge < -0.3 is 10.1 Å². The van der Waals surface area contributed by atoms with Crippen molar-refractivity contribution in [1.29, 1.82) is 0 Å². The van der Waals surface area contributed by atoms with Crippen molar-refractivity contribution in [1.82, 2.24) is 4.31 Å².